The topological polar surface area (TPSA) is 73.1 Å². The van der Waals surface area contributed by atoms with E-state index in [9.17, 15) is 0 Å². The van der Waals surface area contributed by atoms with Crippen LogP contribution < -0.4 is 15.8 Å². The van der Waals surface area contributed by atoms with Gasteiger partial charge in [0.05, 0.1) is 6.61 Å². The monoisotopic (exact) mass is 222 g/mol. The highest BCUT2D eigenvalue weighted by Gasteiger charge is 2.32. The van der Waals surface area contributed by atoms with E-state index in [1.165, 1.54) is 12.7 Å². The summed E-state index contributed by atoms with van der Waals surface area (Å²) in [6.07, 6.45) is 5.04. The van der Waals surface area contributed by atoms with Crippen molar-refractivity contribution in [2.24, 2.45) is 0 Å². The Kier molecular flexibility index (Phi) is 2.85. The first-order chi connectivity index (χ1) is 7.64. The standard InChI is InChI=1S/C11H18N4O/c1-3-16-10-8(12)9(13-7-14-10)15-11(2)5-4-6-11/h7H,3-6,12H2,1-2H3,(H,13,14,15). The van der Waals surface area contributed by atoms with E-state index in [2.05, 4.69) is 22.2 Å². The fourth-order valence-electron chi connectivity index (χ4n) is 1.85. The zero-order valence-corrected chi connectivity index (χ0v) is 9.79. The lowest BCUT2D eigenvalue weighted by molar-refractivity contribution is 0.305. The largest absolute Gasteiger partial charge is 0.476 e. The van der Waals surface area contributed by atoms with Crippen LogP contribution in [-0.2, 0) is 0 Å². The maximum atomic E-state index is 5.94. The highest BCUT2D eigenvalue weighted by Crippen LogP contribution is 2.36. The van der Waals surface area contributed by atoms with Gasteiger partial charge in [0.25, 0.3) is 0 Å². The van der Waals surface area contributed by atoms with Crippen molar-refractivity contribution in [1.82, 2.24) is 9.97 Å². The van der Waals surface area contributed by atoms with Crippen LogP contribution >= 0.6 is 0 Å². The third kappa shape index (κ3) is 2.03. The number of anilines is 2. The number of hydrogen-bond acceptors (Lipinski definition) is 5. The summed E-state index contributed by atoms with van der Waals surface area (Å²) in [5.41, 5.74) is 6.57. The molecule has 0 aromatic carbocycles. The second-order valence-electron chi connectivity index (χ2n) is 4.41. The molecular weight excluding hydrogens is 204 g/mol. The lowest BCUT2D eigenvalue weighted by Gasteiger charge is -2.39. The molecular formula is C11H18N4O. The molecule has 1 fully saturated rings. The van der Waals surface area contributed by atoms with Crippen LogP contribution in [0, 0.1) is 0 Å². The summed E-state index contributed by atoms with van der Waals surface area (Å²) in [5, 5.41) is 3.37. The van der Waals surface area contributed by atoms with E-state index in [0.717, 1.165) is 12.8 Å². The third-order valence-electron chi connectivity index (χ3n) is 3.01. The van der Waals surface area contributed by atoms with Gasteiger partial charge in [-0.05, 0) is 33.1 Å². The van der Waals surface area contributed by atoms with Gasteiger partial charge in [-0.15, -0.1) is 0 Å². The molecule has 16 heavy (non-hydrogen) atoms. The molecule has 1 heterocycles. The molecule has 5 heteroatoms. The smallest absolute Gasteiger partial charge is 0.242 e. The van der Waals surface area contributed by atoms with Crippen molar-refractivity contribution >= 4 is 11.5 Å². The zero-order chi connectivity index (χ0) is 11.6. The average molecular weight is 222 g/mol. The Balaban J connectivity index is 2.17. The van der Waals surface area contributed by atoms with Crippen LogP contribution in [0.4, 0.5) is 11.5 Å². The van der Waals surface area contributed by atoms with Crippen LogP contribution in [-0.4, -0.2) is 22.1 Å². The van der Waals surface area contributed by atoms with Gasteiger partial charge in [0.1, 0.15) is 12.0 Å². The molecule has 0 spiro atoms. The van der Waals surface area contributed by atoms with Crippen molar-refractivity contribution in [1.29, 1.82) is 0 Å². The summed E-state index contributed by atoms with van der Waals surface area (Å²) < 4.78 is 5.33. The van der Waals surface area contributed by atoms with E-state index in [0.29, 0.717) is 24.0 Å². The summed E-state index contributed by atoms with van der Waals surface area (Å²) in [4.78, 5) is 8.17. The summed E-state index contributed by atoms with van der Waals surface area (Å²) in [6, 6.07) is 0. The van der Waals surface area contributed by atoms with E-state index in [1.807, 2.05) is 6.92 Å². The summed E-state index contributed by atoms with van der Waals surface area (Å²) >= 11 is 0. The first-order valence-corrected chi connectivity index (χ1v) is 5.66. The maximum absolute atomic E-state index is 5.94. The molecule has 0 unspecified atom stereocenters. The van der Waals surface area contributed by atoms with Gasteiger partial charge in [-0.1, -0.05) is 0 Å². The maximum Gasteiger partial charge on any atom is 0.242 e. The fraction of sp³-hybridized carbons (Fsp3) is 0.636. The first kappa shape index (κ1) is 11.0. The lowest BCUT2D eigenvalue weighted by Crippen LogP contribution is -2.42. The molecule has 1 aromatic rings. The van der Waals surface area contributed by atoms with Gasteiger partial charge in [0.15, 0.2) is 5.82 Å². The summed E-state index contributed by atoms with van der Waals surface area (Å²) in [6.45, 7) is 4.64. The molecule has 0 atom stereocenters. The minimum absolute atomic E-state index is 0.131. The molecule has 1 aromatic heterocycles. The van der Waals surface area contributed by atoms with Gasteiger partial charge in [-0.2, -0.15) is 4.98 Å². The molecule has 88 valence electrons. The Morgan fingerprint density at radius 2 is 2.25 bits per heavy atom. The van der Waals surface area contributed by atoms with Gasteiger partial charge < -0.3 is 15.8 Å². The number of nitrogen functional groups attached to an aromatic ring is 1. The number of nitrogens with two attached hydrogens (primary N) is 1. The Hall–Kier alpha value is -1.52. The van der Waals surface area contributed by atoms with Crippen LogP contribution in [0.25, 0.3) is 0 Å². The molecule has 2 rings (SSSR count). The molecule has 0 radical (unpaired) electrons. The Morgan fingerprint density at radius 3 is 2.81 bits per heavy atom. The number of nitrogens with zero attached hydrogens (tertiary/aromatic N) is 2. The Morgan fingerprint density at radius 1 is 1.50 bits per heavy atom. The molecule has 1 aliphatic carbocycles. The quantitative estimate of drug-likeness (QED) is 0.812. The second kappa shape index (κ2) is 4.15. The van der Waals surface area contributed by atoms with E-state index >= 15 is 0 Å². The summed E-state index contributed by atoms with van der Waals surface area (Å²) in [5.74, 6) is 1.14. The van der Waals surface area contributed by atoms with E-state index in [1.54, 1.807) is 0 Å². The molecule has 1 saturated carbocycles. The van der Waals surface area contributed by atoms with Gasteiger partial charge in [0.2, 0.25) is 5.88 Å². The number of rotatable bonds is 4. The van der Waals surface area contributed by atoms with Gasteiger partial charge in [-0.3, -0.25) is 0 Å². The van der Waals surface area contributed by atoms with Crippen LogP contribution in [0.1, 0.15) is 33.1 Å². The van der Waals surface area contributed by atoms with Crippen molar-refractivity contribution in [3.8, 4) is 5.88 Å². The minimum atomic E-state index is 0.131. The van der Waals surface area contributed by atoms with Crippen molar-refractivity contribution in [2.75, 3.05) is 17.7 Å². The average Bonchev–Trinajstić information content (AvgIpc) is 2.22. The Bertz CT molecular complexity index is 376. The van der Waals surface area contributed by atoms with E-state index < -0.39 is 0 Å². The Labute approximate surface area is 95.4 Å². The van der Waals surface area contributed by atoms with Crippen molar-refractivity contribution < 1.29 is 4.74 Å². The normalized spacial score (nSPS) is 17.6. The minimum Gasteiger partial charge on any atom is -0.476 e. The van der Waals surface area contributed by atoms with E-state index in [-0.39, 0.29) is 5.54 Å². The molecule has 0 saturated heterocycles. The van der Waals surface area contributed by atoms with E-state index in [4.69, 9.17) is 10.5 Å². The van der Waals surface area contributed by atoms with Gasteiger partial charge in [0, 0.05) is 5.54 Å². The molecule has 3 N–H and O–H groups in total. The molecule has 1 aliphatic rings. The fourth-order valence-corrected chi connectivity index (χ4v) is 1.85. The molecule has 0 bridgehead atoms. The van der Waals surface area contributed by atoms with Crippen LogP contribution in [0.3, 0.4) is 0 Å². The van der Waals surface area contributed by atoms with Crippen molar-refractivity contribution in [3.63, 3.8) is 0 Å². The molecule has 0 amide bonds. The summed E-state index contributed by atoms with van der Waals surface area (Å²) in [7, 11) is 0. The van der Waals surface area contributed by atoms with Crippen molar-refractivity contribution in [2.45, 2.75) is 38.6 Å². The molecule has 5 nitrogen and oxygen atoms in total. The lowest BCUT2D eigenvalue weighted by atomic mass is 9.78. The van der Waals surface area contributed by atoms with Crippen molar-refractivity contribution in [3.05, 3.63) is 6.33 Å². The highest BCUT2D eigenvalue weighted by atomic mass is 16.5. The number of nitrogens with one attached hydrogen (secondary N) is 1. The number of hydrogen-bond donors (Lipinski definition) is 2. The van der Waals surface area contributed by atoms with Crippen LogP contribution in [0.15, 0.2) is 6.33 Å². The predicted octanol–water partition coefficient (Wildman–Crippen LogP) is 1.81. The van der Waals surface area contributed by atoms with Gasteiger partial charge in [-0.25, -0.2) is 4.98 Å². The second-order valence-corrected chi connectivity index (χ2v) is 4.41. The number of ether oxygens (including phenoxy) is 1. The predicted molar refractivity (Wildman–Crippen MR) is 63.5 cm³/mol. The zero-order valence-electron chi connectivity index (χ0n) is 9.79. The number of aromatic nitrogens is 2. The first-order valence-electron chi connectivity index (χ1n) is 5.66. The van der Waals surface area contributed by atoms with Crippen LogP contribution in [0.5, 0.6) is 5.88 Å². The SMILES string of the molecule is CCOc1ncnc(NC2(C)CCC2)c1N. The van der Waals surface area contributed by atoms with Gasteiger partial charge >= 0.3 is 0 Å². The van der Waals surface area contributed by atoms with Crippen LogP contribution in [0.2, 0.25) is 0 Å². The highest BCUT2D eigenvalue weighted by molar-refractivity contribution is 5.67. The third-order valence-corrected chi connectivity index (χ3v) is 3.01. The molecule has 0 aliphatic heterocycles.